The molecule has 5 heteroatoms. The molecular formula is C9H11F2NO2. The van der Waals surface area contributed by atoms with E-state index in [9.17, 15) is 8.78 Å². The second-order valence-electron chi connectivity index (χ2n) is 2.80. The van der Waals surface area contributed by atoms with E-state index in [2.05, 4.69) is 0 Å². The maximum Gasteiger partial charge on any atom is 0.162 e. The molecule has 3 N–H and O–H groups in total. The first-order valence-electron chi connectivity index (χ1n) is 3.99. The van der Waals surface area contributed by atoms with Gasteiger partial charge in [-0.25, -0.2) is 8.78 Å². The van der Waals surface area contributed by atoms with Crippen molar-refractivity contribution >= 4 is 0 Å². The SMILES string of the molecule is COc1cc(F)c(F)cc1[C@@H](N)CO. The number of rotatable bonds is 3. The zero-order valence-electron chi connectivity index (χ0n) is 7.63. The van der Waals surface area contributed by atoms with Gasteiger partial charge in [-0.1, -0.05) is 0 Å². The van der Waals surface area contributed by atoms with Crippen LogP contribution >= 0.6 is 0 Å². The van der Waals surface area contributed by atoms with Crippen molar-refractivity contribution in [2.45, 2.75) is 6.04 Å². The predicted octanol–water partition coefficient (Wildman–Crippen LogP) is 0.965. The van der Waals surface area contributed by atoms with Gasteiger partial charge in [0.05, 0.1) is 19.8 Å². The quantitative estimate of drug-likeness (QED) is 0.769. The molecule has 0 bridgehead atoms. The minimum Gasteiger partial charge on any atom is -0.496 e. The first-order chi connectivity index (χ1) is 6.60. The molecule has 1 aromatic rings. The van der Waals surface area contributed by atoms with Gasteiger partial charge in [-0.05, 0) is 6.07 Å². The van der Waals surface area contributed by atoms with Crippen molar-refractivity contribution in [2.24, 2.45) is 5.73 Å². The zero-order chi connectivity index (χ0) is 10.7. The lowest BCUT2D eigenvalue weighted by Gasteiger charge is -2.13. The molecule has 3 nitrogen and oxygen atoms in total. The van der Waals surface area contributed by atoms with E-state index in [0.29, 0.717) is 0 Å². The van der Waals surface area contributed by atoms with Crippen LogP contribution in [0.4, 0.5) is 8.78 Å². The third-order valence-electron chi connectivity index (χ3n) is 1.87. The lowest BCUT2D eigenvalue weighted by atomic mass is 10.1. The van der Waals surface area contributed by atoms with Crippen LogP contribution in [0.5, 0.6) is 5.75 Å². The molecule has 0 spiro atoms. The molecule has 0 saturated heterocycles. The smallest absolute Gasteiger partial charge is 0.162 e. The van der Waals surface area contributed by atoms with E-state index < -0.39 is 17.7 Å². The Morgan fingerprint density at radius 1 is 1.43 bits per heavy atom. The van der Waals surface area contributed by atoms with Crippen LogP contribution in [0.25, 0.3) is 0 Å². The summed E-state index contributed by atoms with van der Waals surface area (Å²) in [6, 6.07) is 1.05. The van der Waals surface area contributed by atoms with Gasteiger partial charge in [0, 0.05) is 11.6 Å². The van der Waals surface area contributed by atoms with Crippen LogP contribution in [-0.4, -0.2) is 18.8 Å². The summed E-state index contributed by atoms with van der Waals surface area (Å²) in [4.78, 5) is 0. The van der Waals surface area contributed by atoms with E-state index in [1.807, 2.05) is 0 Å². The number of hydrogen-bond acceptors (Lipinski definition) is 3. The van der Waals surface area contributed by atoms with Crippen LogP contribution in [0.2, 0.25) is 0 Å². The van der Waals surface area contributed by atoms with Crippen molar-refractivity contribution in [3.63, 3.8) is 0 Å². The van der Waals surface area contributed by atoms with Crippen molar-refractivity contribution in [3.8, 4) is 5.75 Å². The van der Waals surface area contributed by atoms with Gasteiger partial charge in [-0.2, -0.15) is 0 Å². The predicted molar refractivity (Wildman–Crippen MR) is 46.9 cm³/mol. The van der Waals surface area contributed by atoms with E-state index in [0.717, 1.165) is 12.1 Å². The molecule has 14 heavy (non-hydrogen) atoms. The third-order valence-corrected chi connectivity index (χ3v) is 1.87. The Morgan fingerprint density at radius 3 is 2.50 bits per heavy atom. The number of nitrogens with two attached hydrogens (primary N) is 1. The van der Waals surface area contributed by atoms with Crippen molar-refractivity contribution in [3.05, 3.63) is 29.3 Å². The monoisotopic (exact) mass is 203 g/mol. The van der Waals surface area contributed by atoms with Crippen LogP contribution in [0.15, 0.2) is 12.1 Å². The largest absolute Gasteiger partial charge is 0.496 e. The number of methoxy groups -OCH3 is 1. The Morgan fingerprint density at radius 2 is 2.00 bits per heavy atom. The van der Waals surface area contributed by atoms with Gasteiger partial charge >= 0.3 is 0 Å². The topological polar surface area (TPSA) is 55.5 Å². The number of aliphatic hydroxyl groups excluding tert-OH is 1. The standard InChI is InChI=1S/C9H11F2NO2/c1-14-9-3-7(11)6(10)2-5(9)8(12)4-13/h2-3,8,13H,4,12H2,1H3/t8-/m0/s1. The number of benzene rings is 1. The summed E-state index contributed by atoms with van der Waals surface area (Å²) < 4.78 is 30.4. The Balaban J connectivity index is 3.19. The van der Waals surface area contributed by atoms with Crippen LogP contribution in [0.1, 0.15) is 11.6 Å². The van der Waals surface area contributed by atoms with Gasteiger partial charge in [0.25, 0.3) is 0 Å². The molecule has 0 aliphatic rings. The highest BCUT2D eigenvalue weighted by molar-refractivity contribution is 5.37. The highest BCUT2D eigenvalue weighted by atomic mass is 19.2. The minimum atomic E-state index is -1.01. The second kappa shape index (κ2) is 4.34. The Bertz CT molecular complexity index is 331. The molecule has 0 saturated carbocycles. The molecular weight excluding hydrogens is 192 g/mol. The molecule has 0 aliphatic heterocycles. The van der Waals surface area contributed by atoms with Gasteiger partial charge < -0.3 is 15.6 Å². The number of ether oxygens (including phenoxy) is 1. The minimum absolute atomic E-state index is 0.130. The van der Waals surface area contributed by atoms with Gasteiger partial charge in [0.1, 0.15) is 5.75 Å². The third kappa shape index (κ3) is 2.00. The highest BCUT2D eigenvalue weighted by Gasteiger charge is 2.15. The molecule has 78 valence electrons. The average Bonchev–Trinajstić information content (AvgIpc) is 2.20. The molecule has 0 unspecified atom stereocenters. The Labute approximate surface area is 80.1 Å². The molecule has 0 aromatic heterocycles. The van der Waals surface area contributed by atoms with Crippen LogP contribution in [0.3, 0.4) is 0 Å². The van der Waals surface area contributed by atoms with Crippen LogP contribution < -0.4 is 10.5 Å². The van der Waals surface area contributed by atoms with Gasteiger partial charge in [-0.3, -0.25) is 0 Å². The molecule has 0 aliphatic carbocycles. The number of halogens is 2. The summed E-state index contributed by atoms with van der Waals surface area (Å²) >= 11 is 0. The molecule has 0 amide bonds. The van der Waals surface area contributed by atoms with E-state index in [1.54, 1.807) is 0 Å². The number of aliphatic hydroxyl groups is 1. The summed E-state index contributed by atoms with van der Waals surface area (Å²) in [5.74, 6) is -1.88. The lowest BCUT2D eigenvalue weighted by Crippen LogP contribution is -2.16. The summed E-state index contributed by atoms with van der Waals surface area (Å²) in [6.07, 6.45) is 0. The molecule has 1 atom stereocenters. The fraction of sp³-hybridized carbons (Fsp3) is 0.333. The highest BCUT2D eigenvalue weighted by Crippen LogP contribution is 2.26. The van der Waals surface area contributed by atoms with Crippen LogP contribution in [-0.2, 0) is 0 Å². The van der Waals surface area contributed by atoms with Crippen molar-refractivity contribution in [1.82, 2.24) is 0 Å². The molecule has 1 rings (SSSR count). The summed E-state index contributed by atoms with van der Waals surface area (Å²) in [5, 5.41) is 8.77. The van der Waals surface area contributed by atoms with Crippen molar-refractivity contribution in [2.75, 3.05) is 13.7 Å². The van der Waals surface area contributed by atoms with Crippen molar-refractivity contribution < 1.29 is 18.6 Å². The summed E-state index contributed by atoms with van der Waals surface area (Å²) in [6.45, 7) is -0.360. The number of hydrogen-bond donors (Lipinski definition) is 2. The average molecular weight is 203 g/mol. The van der Waals surface area contributed by atoms with Gasteiger partial charge in [-0.15, -0.1) is 0 Å². The maximum absolute atomic E-state index is 12.8. The first kappa shape index (κ1) is 10.9. The molecule has 1 aromatic carbocycles. The normalized spacial score (nSPS) is 12.6. The van der Waals surface area contributed by atoms with E-state index >= 15 is 0 Å². The second-order valence-corrected chi connectivity index (χ2v) is 2.80. The zero-order valence-corrected chi connectivity index (χ0v) is 7.63. The fourth-order valence-electron chi connectivity index (χ4n) is 1.11. The Kier molecular flexibility index (Phi) is 3.38. The van der Waals surface area contributed by atoms with E-state index in [4.69, 9.17) is 15.6 Å². The van der Waals surface area contributed by atoms with E-state index in [-0.39, 0.29) is 17.9 Å². The Hall–Kier alpha value is -1.20. The van der Waals surface area contributed by atoms with Gasteiger partial charge in [0.15, 0.2) is 11.6 Å². The fourth-order valence-corrected chi connectivity index (χ4v) is 1.11. The van der Waals surface area contributed by atoms with Gasteiger partial charge in [0.2, 0.25) is 0 Å². The molecule has 0 heterocycles. The maximum atomic E-state index is 12.8. The van der Waals surface area contributed by atoms with Crippen LogP contribution in [0, 0.1) is 11.6 Å². The molecule has 0 fully saturated rings. The lowest BCUT2D eigenvalue weighted by molar-refractivity contribution is 0.264. The summed E-state index contributed by atoms with van der Waals surface area (Å²) in [5.41, 5.74) is 5.71. The molecule has 0 radical (unpaired) electrons. The van der Waals surface area contributed by atoms with E-state index in [1.165, 1.54) is 7.11 Å². The first-order valence-corrected chi connectivity index (χ1v) is 3.99. The summed E-state index contributed by atoms with van der Waals surface area (Å²) in [7, 11) is 1.32. The van der Waals surface area contributed by atoms with Crippen molar-refractivity contribution in [1.29, 1.82) is 0 Å².